The molecular formula is C25H25N3O4. The number of rotatable bonds is 8. The van der Waals surface area contributed by atoms with Gasteiger partial charge in [0.05, 0.1) is 19.4 Å². The van der Waals surface area contributed by atoms with Crippen LogP contribution >= 0.6 is 0 Å². The Hall–Kier alpha value is -4.13. The molecule has 164 valence electrons. The zero-order valence-electron chi connectivity index (χ0n) is 17.9. The van der Waals surface area contributed by atoms with Crippen LogP contribution in [0.4, 0.5) is 0 Å². The van der Waals surface area contributed by atoms with Crippen LogP contribution in [0.5, 0.6) is 11.5 Å². The van der Waals surface area contributed by atoms with Gasteiger partial charge in [-0.05, 0) is 60.0 Å². The van der Waals surface area contributed by atoms with Gasteiger partial charge in [0.2, 0.25) is 0 Å². The lowest BCUT2D eigenvalue weighted by Crippen LogP contribution is -2.39. The van der Waals surface area contributed by atoms with Crippen molar-refractivity contribution >= 4 is 18.0 Å². The van der Waals surface area contributed by atoms with Crippen LogP contribution in [0.1, 0.15) is 29.7 Å². The van der Waals surface area contributed by atoms with Gasteiger partial charge in [0.1, 0.15) is 18.1 Å². The number of ether oxygens (including phenoxy) is 2. The summed E-state index contributed by atoms with van der Waals surface area (Å²) in [6, 6.07) is 24.0. The van der Waals surface area contributed by atoms with Gasteiger partial charge in [-0.15, -0.1) is 0 Å². The first-order valence-electron chi connectivity index (χ1n) is 10.1. The number of methoxy groups -OCH3 is 1. The van der Waals surface area contributed by atoms with Gasteiger partial charge in [-0.3, -0.25) is 9.59 Å². The lowest BCUT2D eigenvalue weighted by molar-refractivity contribution is -0.139. The number of hydrogen-bond acceptors (Lipinski definition) is 5. The topological polar surface area (TPSA) is 89.0 Å². The highest BCUT2D eigenvalue weighted by atomic mass is 16.5. The van der Waals surface area contributed by atoms with Crippen LogP contribution < -0.4 is 20.2 Å². The molecule has 0 saturated carbocycles. The van der Waals surface area contributed by atoms with Crippen LogP contribution in [0.2, 0.25) is 0 Å². The van der Waals surface area contributed by atoms with E-state index in [1.54, 1.807) is 26.2 Å². The van der Waals surface area contributed by atoms with Gasteiger partial charge in [0, 0.05) is 0 Å². The van der Waals surface area contributed by atoms with Crippen molar-refractivity contribution in [1.29, 1.82) is 0 Å². The predicted molar refractivity (Wildman–Crippen MR) is 123 cm³/mol. The van der Waals surface area contributed by atoms with Gasteiger partial charge in [-0.25, -0.2) is 5.43 Å². The summed E-state index contributed by atoms with van der Waals surface area (Å²) in [5.41, 5.74) is 4.92. The molecule has 7 nitrogen and oxygen atoms in total. The maximum atomic E-state index is 12.1. The summed E-state index contributed by atoms with van der Waals surface area (Å²) < 4.78 is 10.8. The maximum Gasteiger partial charge on any atom is 0.329 e. The molecule has 0 aliphatic heterocycles. The zero-order valence-corrected chi connectivity index (χ0v) is 17.9. The molecule has 32 heavy (non-hydrogen) atoms. The van der Waals surface area contributed by atoms with Crippen molar-refractivity contribution in [2.45, 2.75) is 19.6 Å². The second kappa shape index (κ2) is 11.3. The molecular weight excluding hydrogens is 406 g/mol. The first kappa shape index (κ1) is 22.6. The molecule has 2 N–H and O–H groups in total. The van der Waals surface area contributed by atoms with Crippen molar-refractivity contribution in [1.82, 2.24) is 10.7 Å². The molecule has 0 saturated heterocycles. The zero-order chi connectivity index (χ0) is 22.8. The molecule has 7 heteroatoms. The van der Waals surface area contributed by atoms with Gasteiger partial charge < -0.3 is 14.8 Å². The molecule has 3 aromatic rings. The van der Waals surface area contributed by atoms with Crippen molar-refractivity contribution < 1.29 is 19.1 Å². The third-order valence-corrected chi connectivity index (χ3v) is 4.68. The van der Waals surface area contributed by atoms with E-state index in [1.807, 2.05) is 66.7 Å². The molecule has 0 fully saturated rings. The Labute approximate surface area is 187 Å². The predicted octanol–water partition coefficient (Wildman–Crippen LogP) is 3.60. The van der Waals surface area contributed by atoms with Crippen LogP contribution in [0.25, 0.3) is 0 Å². The van der Waals surface area contributed by atoms with E-state index in [4.69, 9.17) is 9.47 Å². The van der Waals surface area contributed by atoms with Crippen molar-refractivity contribution in [2.75, 3.05) is 7.11 Å². The van der Waals surface area contributed by atoms with E-state index < -0.39 is 11.8 Å². The van der Waals surface area contributed by atoms with Gasteiger partial charge in [0.15, 0.2) is 0 Å². The largest absolute Gasteiger partial charge is 0.497 e. The fraction of sp³-hybridized carbons (Fsp3) is 0.160. The molecule has 3 aromatic carbocycles. The van der Waals surface area contributed by atoms with Crippen LogP contribution in [-0.4, -0.2) is 25.1 Å². The third kappa shape index (κ3) is 6.70. The molecule has 2 amide bonds. The second-order valence-electron chi connectivity index (χ2n) is 7.01. The van der Waals surface area contributed by atoms with Gasteiger partial charge in [0.25, 0.3) is 0 Å². The summed E-state index contributed by atoms with van der Waals surface area (Å²) in [5, 5.41) is 6.48. The van der Waals surface area contributed by atoms with E-state index in [2.05, 4.69) is 15.8 Å². The fourth-order valence-corrected chi connectivity index (χ4v) is 2.85. The van der Waals surface area contributed by atoms with E-state index in [0.29, 0.717) is 6.61 Å². The Morgan fingerprint density at radius 2 is 1.56 bits per heavy atom. The van der Waals surface area contributed by atoms with E-state index in [9.17, 15) is 9.59 Å². The lowest BCUT2D eigenvalue weighted by Gasteiger charge is -2.13. The minimum absolute atomic E-state index is 0.341. The molecule has 0 heterocycles. The molecule has 0 aliphatic rings. The van der Waals surface area contributed by atoms with Crippen LogP contribution in [0, 0.1) is 0 Å². The summed E-state index contributed by atoms with van der Waals surface area (Å²) in [5.74, 6) is -0.170. The smallest absolute Gasteiger partial charge is 0.329 e. The Balaban J connectivity index is 1.44. The molecule has 0 unspecified atom stereocenters. The quantitative estimate of drug-likeness (QED) is 0.324. The second-order valence-corrected chi connectivity index (χ2v) is 7.01. The molecule has 1 atom stereocenters. The first-order valence-corrected chi connectivity index (χ1v) is 10.1. The fourth-order valence-electron chi connectivity index (χ4n) is 2.85. The van der Waals surface area contributed by atoms with Gasteiger partial charge in [-0.1, -0.05) is 42.5 Å². The number of nitrogens with one attached hydrogen (secondary N) is 2. The lowest BCUT2D eigenvalue weighted by atomic mass is 10.1. The molecule has 0 spiro atoms. The Morgan fingerprint density at radius 1 is 0.906 bits per heavy atom. The number of carbonyl (C=O) groups excluding carboxylic acids is 2. The average molecular weight is 431 g/mol. The summed E-state index contributed by atoms with van der Waals surface area (Å²) in [6.07, 6.45) is 1.46. The molecule has 3 rings (SSSR count). The average Bonchev–Trinajstić information content (AvgIpc) is 2.84. The van der Waals surface area contributed by atoms with Crippen molar-refractivity contribution in [3.63, 3.8) is 0 Å². The molecule has 0 radical (unpaired) electrons. The highest BCUT2D eigenvalue weighted by Gasteiger charge is 2.16. The monoisotopic (exact) mass is 431 g/mol. The Morgan fingerprint density at radius 3 is 2.22 bits per heavy atom. The molecule has 0 aliphatic carbocycles. The highest BCUT2D eigenvalue weighted by Crippen LogP contribution is 2.17. The van der Waals surface area contributed by atoms with Crippen LogP contribution in [0.3, 0.4) is 0 Å². The van der Waals surface area contributed by atoms with E-state index in [1.165, 1.54) is 6.21 Å². The number of hydrazone groups is 1. The Kier molecular flexibility index (Phi) is 7.97. The van der Waals surface area contributed by atoms with Crippen molar-refractivity contribution in [3.05, 3.63) is 95.6 Å². The number of carbonyl (C=O) groups is 2. The maximum absolute atomic E-state index is 12.1. The first-order chi connectivity index (χ1) is 15.5. The third-order valence-electron chi connectivity index (χ3n) is 4.68. The van der Waals surface area contributed by atoms with E-state index in [-0.39, 0.29) is 6.04 Å². The highest BCUT2D eigenvalue weighted by molar-refractivity contribution is 6.35. The van der Waals surface area contributed by atoms with E-state index >= 15 is 0 Å². The number of hydrogen-bond donors (Lipinski definition) is 2. The summed E-state index contributed by atoms with van der Waals surface area (Å²) in [6.45, 7) is 2.27. The summed E-state index contributed by atoms with van der Waals surface area (Å²) >= 11 is 0. The van der Waals surface area contributed by atoms with Gasteiger partial charge >= 0.3 is 11.8 Å². The standard InChI is InChI=1S/C25H25N3O4/c1-18(21-10-14-22(31-2)15-11-21)27-24(29)25(30)28-26-16-19-8-12-23(13-9-19)32-17-20-6-4-3-5-7-20/h3-16,18H,17H2,1-2H3,(H,27,29)(H,28,30)/b26-16-/t18-/m1/s1. The summed E-state index contributed by atoms with van der Waals surface area (Å²) in [7, 11) is 1.58. The number of nitrogens with zero attached hydrogens (tertiary/aromatic N) is 1. The minimum atomic E-state index is -0.843. The van der Waals surface area contributed by atoms with Crippen molar-refractivity contribution in [2.24, 2.45) is 5.10 Å². The van der Waals surface area contributed by atoms with E-state index in [0.717, 1.165) is 28.2 Å². The summed E-state index contributed by atoms with van der Waals surface area (Å²) in [4.78, 5) is 24.1. The molecule has 0 aromatic heterocycles. The number of amides is 2. The molecule has 0 bridgehead atoms. The number of benzene rings is 3. The normalized spacial score (nSPS) is 11.6. The van der Waals surface area contributed by atoms with Crippen LogP contribution in [-0.2, 0) is 16.2 Å². The minimum Gasteiger partial charge on any atom is -0.497 e. The SMILES string of the molecule is COc1ccc([C@@H](C)NC(=O)C(=O)N/N=C\c2ccc(OCc3ccccc3)cc2)cc1. The Bertz CT molecular complexity index is 1050. The van der Waals surface area contributed by atoms with Crippen molar-refractivity contribution in [3.8, 4) is 11.5 Å². The van der Waals surface area contributed by atoms with Crippen LogP contribution in [0.15, 0.2) is 84.0 Å². The van der Waals surface area contributed by atoms with Gasteiger partial charge in [-0.2, -0.15) is 5.10 Å².